The summed E-state index contributed by atoms with van der Waals surface area (Å²) < 4.78 is 0. The summed E-state index contributed by atoms with van der Waals surface area (Å²) in [5, 5.41) is 0. The van der Waals surface area contributed by atoms with Crippen molar-refractivity contribution in [2.75, 3.05) is 0 Å². The van der Waals surface area contributed by atoms with Crippen molar-refractivity contribution in [3.8, 4) is 0 Å². The number of rotatable bonds is 1. The van der Waals surface area contributed by atoms with Crippen molar-refractivity contribution in [2.45, 2.75) is 52.0 Å². The van der Waals surface area contributed by atoms with Gasteiger partial charge in [0.15, 0.2) is 0 Å². The monoisotopic (exact) mass is 217 g/mol. The summed E-state index contributed by atoms with van der Waals surface area (Å²) in [6.07, 6.45) is 3.73. The van der Waals surface area contributed by atoms with Crippen LogP contribution in [0.3, 0.4) is 0 Å². The summed E-state index contributed by atoms with van der Waals surface area (Å²) in [5.74, 6) is 1.40. The summed E-state index contributed by atoms with van der Waals surface area (Å²) in [6, 6.07) is 7.14. The van der Waals surface area contributed by atoms with Gasteiger partial charge < -0.3 is 5.73 Å². The van der Waals surface area contributed by atoms with Gasteiger partial charge in [-0.05, 0) is 56.1 Å². The summed E-state index contributed by atoms with van der Waals surface area (Å²) in [5.41, 5.74) is 10.5. The second kappa shape index (κ2) is 4.58. The van der Waals surface area contributed by atoms with Gasteiger partial charge in [-0.1, -0.05) is 30.7 Å². The molecule has 1 aliphatic rings. The van der Waals surface area contributed by atoms with Crippen molar-refractivity contribution in [2.24, 2.45) is 11.7 Å². The van der Waals surface area contributed by atoms with Crippen molar-refractivity contribution in [1.29, 1.82) is 0 Å². The fraction of sp³-hybridized carbons (Fsp3) is 0.600. The molecule has 1 aromatic carbocycles. The minimum absolute atomic E-state index is 0.359. The van der Waals surface area contributed by atoms with Crippen LogP contribution in [0.4, 0.5) is 0 Å². The molecule has 88 valence electrons. The zero-order valence-electron chi connectivity index (χ0n) is 10.7. The van der Waals surface area contributed by atoms with Gasteiger partial charge in [-0.15, -0.1) is 0 Å². The van der Waals surface area contributed by atoms with Crippen molar-refractivity contribution in [3.63, 3.8) is 0 Å². The van der Waals surface area contributed by atoms with Crippen LogP contribution in [0, 0.1) is 19.8 Å². The van der Waals surface area contributed by atoms with E-state index in [4.69, 9.17) is 5.73 Å². The Kier molecular flexibility index (Phi) is 3.34. The minimum Gasteiger partial charge on any atom is -0.327 e. The quantitative estimate of drug-likeness (QED) is 0.765. The molecular weight excluding hydrogens is 194 g/mol. The maximum absolute atomic E-state index is 6.28. The smallest absolute Gasteiger partial charge is 0.0108 e. The highest BCUT2D eigenvalue weighted by Crippen LogP contribution is 2.36. The van der Waals surface area contributed by atoms with E-state index in [0.717, 1.165) is 5.92 Å². The first-order chi connectivity index (χ1) is 7.58. The molecular formula is C15H23N. The van der Waals surface area contributed by atoms with E-state index in [0.29, 0.717) is 12.0 Å². The van der Waals surface area contributed by atoms with Gasteiger partial charge in [-0.3, -0.25) is 0 Å². The van der Waals surface area contributed by atoms with Crippen LogP contribution in [0.2, 0.25) is 0 Å². The van der Waals surface area contributed by atoms with Crippen LogP contribution in [0.5, 0.6) is 0 Å². The maximum Gasteiger partial charge on any atom is 0.0108 e. The van der Waals surface area contributed by atoms with Crippen LogP contribution < -0.4 is 5.73 Å². The summed E-state index contributed by atoms with van der Waals surface area (Å²) in [7, 11) is 0. The second-order valence-electron chi connectivity index (χ2n) is 5.55. The average molecular weight is 217 g/mol. The van der Waals surface area contributed by atoms with E-state index in [1.54, 1.807) is 0 Å². The van der Waals surface area contributed by atoms with E-state index >= 15 is 0 Å². The first-order valence-corrected chi connectivity index (χ1v) is 6.40. The Hall–Kier alpha value is -0.820. The molecule has 0 heterocycles. The van der Waals surface area contributed by atoms with Gasteiger partial charge in [-0.2, -0.15) is 0 Å². The molecule has 2 N–H and O–H groups in total. The first kappa shape index (κ1) is 11.7. The van der Waals surface area contributed by atoms with E-state index < -0.39 is 0 Å². The molecule has 1 fully saturated rings. The van der Waals surface area contributed by atoms with Crippen molar-refractivity contribution in [1.82, 2.24) is 0 Å². The summed E-state index contributed by atoms with van der Waals surface area (Å²) in [6.45, 7) is 6.72. The Labute approximate surface area is 99.0 Å². The molecule has 1 nitrogen and oxygen atoms in total. The largest absolute Gasteiger partial charge is 0.327 e. The number of hydrogen-bond acceptors (Lipinski definition) is 1. The highest BCUT2D eigenvalue weighted by molar-refractivity contribution is 5.34. The van der Waals surface area contributed by atoms with Crippen molar-refractivity contribution >= 4 is 0 Å². The van der Waals surface area contributed by atoms with Gasteiger partial charge in [0.25, 0.3) is 0 Å². The van der Waals surface area contributed by atoms with E-state index in [2.05, 4.69) is 39.0 Å². The molecule has 0 aromatic heterocycles. The van der Waals surface area contributed by atoms with Crippen LogP contribution in [-0.4, -0.2) is 6.04 Å². The van der Waals surface area contributed by atoms with Gasteiger partial charge in [0.05, 0.1) is 0 Å². The third kappa shape index (κ3) is 2.30. The lowest BCUT2D eigenvalue weighted by Gasteiger charge is -2.33. The number of hydrogen-bond donors (Lipinski definition) is 1. The lowest BCUT2D eigenvalue weighted by atomic mass is 9.74. The van der Waals surface area contributed by atoms with Crippen molar-refractivity contribution in [3.05, 3.63) is 34.9 Å². The first-order valence-electron chi connectivity index (χ1n) is 6.40. The summed E-state index contributed by atoms with van der Waals surface area (Å²) >= 11 is 0. The maximum atomic E-state index is 6.28. The predicted molar refractivity (Wildman–Crippen MR) is 69.6 cm³/mol. The van der Waals surface area contributed by atoms with E-state index in [1.165, 1.54) is 36.0 Å². The Bertz CT molecular complexity index is 370. The van der Waals surface area contributed by atoms with Crippen LogP contribution >= 0.6 is 0 Å². The molecule has 0 saturated heterocycles. The topological polar surface area (TPSA) is 26.0 Å². The zero-order valence-corrected chi connectivity index (χ0v) is 10.7. The average Bonchev–Trinajstić information content (AvgIpc) is 2.22. The fourth-order valence-corrected chi connectivity index (χ4v) is 3.00. The highest BCUT2D eigenvalue weighted by atomic mass is 14.7. The lowest BCUT2D eigenvalue weighted by Crippen LogP contribution is -2.34. The van der Waals surface area contributed by atoms with Gasteiger partial charge in [-0.25, -0.2) is 0 Å². The lowest BCUT2D eigenvalue weighted by molar-refractivity contribution is 0.305. The normalized spacial score (nSPS) is 30.4. The molecule has 0 aliphatic heterocycles. The van der Waals surface area contributed by atoms with Crippen LogP contribution in [0.15, 0.2) is 18.2 Å². The summed E-state index contributed by atoms with van der Waals surface area (Å²) in [4.78, 5) is 0. The SMILES string of the molecule is Cc1ccc(C2CC(C)CCC2N)c(C)c1. The minimum atomic E-state index is 0.359. The molecule has 1 aliphatic carbocycles. The number of nitrogens with two attached hydrogens (primary N) is 1. The molecule has 1 heteroatoms. The van der Waals surface area contributed by atoms with Crippen LogP contribution in [0.25, 0.3) is 0 Å². The third-order valence-corrected chi connectivity index (χ3v) is 3.99. The molecule has 0 radical (unpaired) electrons. The molecule has 0 spiro atoms. The van der Waals surface area contributed by atoms with Crippen LogP contribution in [-0.2, 0) is 0 Å². The molecule has 0 amide bonds. The number of benzene rings is 1. The van der Waals surface area contributed by atoms with E-state index in [-0.39, 0.29) is 0 Å². The molecule has 3 atom stereocenters. The Balaban J connectivity index is 2.28. The Morgan fingerprint density at radius 2 is 1.94 bits per heavy atom. The second-order valence-corrected chi connectivity index (χ2v) is 5.55. The highest BCUT2D eigenvalue weighted by Gasteiger charge is 2.27. The predicted octanol–water partition coefficient (Wildman–Crippen LogP) is 3.53. The molecule has 1 saturated carbocycles. The van der Waals surface area contributed by atoms with Gasteiger partial charge >= 0.3 is 0 Å². The van der Waals surface area contributed by atoms with Gasteiger partial charge in [0.2, 0.25) is 0 Å². The number of aryl methyl sites for hydroxylation is 2. The zero-order chi connectivity index (χ0) is 11.7. The van der Waals surface area contributed by atoms with E-state index in [1.807, 2.05) is 0 Å². The fourth-order valence-electron chi connectivity index (χ4n) is 3.00. The molecule has 16 heavy (non-hydrogen) atoms. The standard InChI is InChI=1S/C15H23N/c1-10-4-6-13(12(3)8-10)14-9-11(2)5-7-15(14)16/h4,6,8,11,14-15H,5,7,9,16H2,1-3H3. The Morgan fingerprint density at radius 1 is 1.19 bits per heavy atom. The third-order valence-electron chi connectivity index (χ3n) is 3.99. The van der Waals surface area contributed by atoms with E-state index in [9.17, 15) is 0 Å². The van der Waals surface area contributed by atoms with Crippen molar-refractivity contribution < 1.29 is 0 Å². The van der Waals surface area contributed by atoms with Gasteiger partial charge in [0.1, 0.15) is 0 Å². The van der Waals surface area contributed by atoms with Crippen LogP contribution in [0.1, 0.15) is 48.8 Å². The molecule has 0 bridgehead atoms. The Morgan fingerprint density at radius 3 is 2.62 bits per heavy atom. The van der Waals surface area contributed by atoms with Gasteiger partial charge in [0, 0.05) is 6.04 Å². The molecule has 2 rings (SSSR count). The molecule has 3 unspecified atom stereocenters. The molecule has 1 aromatic rings.